The fourth-order valence-corrected chi connectivity index (χ4v) is 5.06. The molecule has 0 amide bonds. The first-order valence-electron chi connectivity index (χ1n) is 10.0. The zero-order valence-electron chi connectivity index (χ0n) is 16.4. The first kappa shape index (κ1) is 18.7. The zero-order valence-corrected chi connectivity index (χ0v) is 17.2. The van der Waals surface area contributed by atoms with Crippen LogP contribution < -0.4 is 16.0 Å². The quantitative estimate of drug-likeness (QED) is 0.572. The highest BCUT2D eigenvalue weighted by atomic mass is 32.2. The Morgan fingerprint density at radius 1 is 1.24 bits per heavy atom. The lowest BCUT2D eigenvalue weighted by Crippen LogP contribution is -2.39. The fourth-order valence-electron chi connectivity index (χ4n) is 3.97. The van der Waals surface area contributed by atoms with Crippen LogP contribution in [0.2, 0.25) is 0 Å². The molecule has 0 radical (unpaired) electrons. The average Bonchev–Trinajstić information content (AvgIpc) is 3.25. The number of hydrogen-bond donors (Lipinski definition) is 2. The van der Waals surface area contributed by atoms with Gasteiger partial charge in [0.15, 0.2) is 5.17 Å². The molecule has 1 aromatic heterocycles. The van der Waals surface area contributed by atoms with Gasteiger partial charge in [0.1, 0.15) is 5.03 Å². The molecule has 5 rings (SSSR count). The second-order valence-corrected chi connectivity index (χ2v) is 8.46. The van der Waals surface area contributed by atoms with E-state index in [1.54, 1.807) is 11.8 Å². The molecule has 9 heteroatoms. The number of rotatable bonds is 5. The van der Waals surface area contributed by atoms with Gasteiger partial charge in [-0.3, -0.25) is 9.89 Å². The Kier molecular flexibility index (Phi) is 5.03. The number of ether oxygens (including phenoxy) is 1. The number of nitrogens with zero attached hydrogens (tertiary/aromatic N) is 5. The van der Waals surface area contributed by atoms with Crippen molar-refractivity contribution in [2.45, 2.75) is 24.0 Å². The smallest absolute Gasteiger partial charge is 0.223 e. The molecule has 152 valence electrons. The van der Waals surface area contributed by atoms with Crippen LogP contribution in [0.25, 0.3) is 0 Å². The molecular formula is C20H25N7OS. The Labute approximate surface area is 174 Å². The Morgan fingerprint density at radius 2 is 2.03 bits per heavy atom. The number of aromatic nitrogens is 2. The third-order valence-corrected chi connectivity index (χ3v) is 6.57. The van der Waals surface area contributed by atoms with Crippen molar-refractivity contribution >= 4 is 34.3 Å². The summed E-state index contributed by atoms with van der Waals surface area (Å²) in [5.74, 6) is 0.675. The van der Waals surface area contributed by atoms with Crippen LogP contribution in [0.5, 0.6) is 0 Å². The Bertz CT molecular complexity index is 914. The molecule has 3 N–H and O–H groups in total. The summed E-state index contributed by atoms with van der Waals surface area (Å²) in [5, 5.41) is 5.31. The van der Waals surface area contributed by atoms with E-state index in [1.807, 2.05) is 18.3 Å². The summed E-state index contributed by atoms with van der Waals surface area (Å²) in [6.07, 6.45) is 1.91. The van der Waals surface area contributed by atoms with E-state index in [0.717, 1.165) is 61.0 Å². The predicted octanol–water partition coefficient (Wildman–Crippen LogP) is 2.21. The molecule has 4 heterocycles. The van der Waals surface area contributed by atoms with E-state index in [4.69, 9.17) is 20.4 Å². The number of aliphatic imine (C=N–C) groups is 1. The molecule has 1 aromatic carbocycles. The SMILES string of the molecule is CC1C(c2ccc(N)cc2)N=C2Sc3nc(NCCN4CCOCC4)ncc3N21. The number of thioether (sulfide) groups is 1. The van der Waals surface area contributed by atoms with Gasteiger partial charge in [-0.1, -0.05) is 12.1 Å². The van der Waals surface area contributed by atoms with Gasteiger partial charge in [-0.2, -0.15) is 0 Å². The molecule has 29 heavy (non-hydrogen) atoms. The summed E-state index contributed by atoms with van der Waals surface area (Å²) >= 11 is 1.62. The van der Waals surface area contributed by atoms with Crippen molar-refractivity contribution in [1.29, 1.82) is 0 Å². The number of fused-ring (bicyclic) bond motifs is 3. The highest BCUT2D eigenvalue weighted by Crippen LogP contribution is 2.47. The van der Waals surface area contributed by atoms with E-state index in [0.29, 0.717) is 5.95 Å². The molecule has 3 aliphatic heterocycles. The third-order valence-electron chi connectivity index (χ3n) is 5.60. The lowest BCUT2D eigenvalue weighted by atomic mass is 10.0. The standard InChI is InChI=1S/C20H25N7OS/c1-13-17(14-2-4-15(21)5-3-14)24-20-27(13)16-12-23-19(25-18(16)29-20)22-6-7-26-8-10-28-11-9-26/h2-5,12-13,17H,6-11,21H2,1H3,(H,22,23,25). The maximum absolute atomic E-state index is 5.83. The van der Waals surface area contributed by atoms with Crippen molar-refractivity contribution in [2.24, 2.45) is 4.99 Å². The van der Waals surface area contributed by atoms with E-state index in [2.05, 4.69) is 39.2 Å². The first-order valence-corrected chi connectivity index (χ1v) is 10.8. The molecule has 3 aliphatic rings. The molecular weight excluding hydrogens is 386 g/mol. The van der Waals surface area contributed by atoms with Gasteiger partial charge in [-0.15, -0.1) is 0 Å². The minimum Gasteiger partial charge on any atom is -0.399 e. The number of benzene rings is 1. The van der Waals surface area contributed by atoms with Crippen molar-refractivity contribution in [2.75, 3.05) is 55.3 Å². The molecule has 8 nitrogen and oxygen atoms in total. The van der Waals surface area contributed by atoms with Gasteiger partial charge >= 0.3 is 0 Å². The van der Waals surface area contributed by atoms with Gasteiger partial charge in [0.05, 0.1) is 37.2 Å². The molecule has 2 unspecified atom stereocenters. The summed E-state index contributed by atoms with van der Waals surface area (Å²) in [6, 6.07) is 8.30. The number of amidine groups is 1. The second kappa shape index (κ2) is 7.81. The van der Waals surface area contributed by atoms with Gasteiger partial charge in [0.25, 0.3) is 0 Å². The Balaban J connectivity index is 1.25. The van der Waals surface area contributed by atoms with Crippen LogP contribution in [0.15, 0.2) is 40.5 Å². The minimum absolute atomic E-state index is 0.0950. The fraction of sp³-hybridized carbons (Fsp3) is 0.450. The number of morpholine rings is 1. The van der Waals surface area contributed by atoms with E-state index < -0.39 is 0 Å². The van der Waals surface area contributed by atoms with Crippen LogP contribution in [0.3, 0.4) is 0 Å². The largest absolute Gasteiger partial charge is 0.399 e. The highest BCUT2D eigenvalue weighted by Gasteiger charge is 2.41. The first-order chi connectivity index (χ1) is 14.2. The molecule has 0 saturated carbocycles. The summed E-state index contributed by atoms with van der Waals surface area (Å²) in [6.45, 7) is 7.61. The Morgan fingerprint density at radius 3 is 2.83 bits per heavy atom. The molecule has 0 bridgehead atoms. The summed E-state index contributed by atoms with van der Waals surface area (Å²) in [7, 11) is 0. The van der Waals surface area contributed by atoms with Crippen LogP contribution in [0.1, 0.15) is 18.5 Å². The van der Waals surface area contributed by atoms with Gasteiger partial charge in [-0.25, -0.2) is 9.97 Å². The molecule has 0 aliphatic carbocycles. The van der Waals surface area contributed by atoms with Crippen LogP contribution >= 0.6 is 11.8 Å². The van der Waals surface area contributed by atoms with Crippen molar-refractivity contribution in [3.05, 3.63) is 36.0 Å². The number of anilines is 3. The predicted molar refractivity (Wildman–Crippen MR) is 117 cm³/mol. The van der Waals surface area contributed by atoms with E-state index in [-0.39, 0.29) is 12.1 Å². The molecule has 2 atom stereocenters. The molecule has 1 saturated heterocycles. The topological polar surface area (TPSA) is 91.9 Å². The van der Waals surface area contributed by atoms with Crippen LogP contribution in [0.4, 0.5) is 17.3 Å². The molecule has 0 spiro atoms. The summed E-state index contributed by atoms with van der Waals surface area (Å²) in [4.78, 5) is 18.9. The highest BCUT2D eigenvalue weighted by molar-refractivity contribution is 8.14. The maximum atomic E-state index is 5.83. The lowest BCUT2D eigenvalue weighted by molar-refractivity contribution is 0.0398. The van der Waals surface area contributed by atoms with E-state index >= 15 is 0 Å². The molecule has 1 fully saturated rings. The van der Waals surface area contributed by atoms with Crippen LogP contribution in [0, 0.1) is 0 Å². The maximum Gasteiger partial charge on any atom is 0.223 e. The zero-order chi connectivity index (χ0) is 19.8. The van der Waals surface area contributed by atoms with Crippen molar-refractivity contribution < 1.29 is 4.74 Å². The van der Waals surface area contributed by atoms with Gasteiger partial charge in [0, 0.05) is 31.9 Å². The summed E-state index contributed by atoms with van der Waals surface area (Å²) < 4.78 is 5.39. The third kappa shape index (κ3) is 3.65. The van der Waals surface area contributed by atoms with Gasteiger partial charge in [0.2, 0.25) is 5.95 Å². The summed E-state index contributed by atoms with van der Waals surface area (Å²) in [5.41, 5.74) is 8.82. The second-order valence-electron chi connectivity index (χ2n) is 7.50. The number of nitrogen functional groups attached to an aromatic ring is 1. The van der Waals surface area contributed by atoms with E-state index in [9.17, 15) is 0 Å². The minimum atomic E-state index is 0.0950. The van der Waals surface area contributed by atoms with Crippen molar-refractivity contribution in [1.82, 2.24) is 14.9 Å². The normalized spacial score (nSPS) is 23.6. The van der Waals surface area contributed by atoms with Crippen LogP contribution in [-0.2, 0) is 4.74 Å². The van der Waals surface area contributed by atoms with E-state index in [1.165, 1.54) is 5.56 Å². The average molecular weight is 412 g/mol. The van der Waals surface area contributed by atoms with Gasteiger partial charge < -0.3 is 20.7 Å². The Hall–Kier alpha value is -2.36. The number of hydrogen-bond acceptors (Lipinski definition) is 9. The monoisotopic (exact) mass is 411 g/mol. The van der Waals surface area contributed by atoms with Gasteiger partial charge in [-0.05, 0) is 36.4 Å². The number of nitrogens with two attached hydrogens (primary N) is 1. The number of nitrogens with one attached hydrogen (secondary N) is 1. The van der Waals surface area contributed by atoms with Crippen LogP contribution in [-0.4, -0.2) is 65.5 Å². The lowest BCUT2D eigenvalue weighted by Gasteiger charge is -2.26. The van der Waals surface area contributed by atoms with Crippen molar-refractivity contribution in [3.63, 3.8) is 0 Å². The molecule has 2 aromatic rings. The van der Waals surface area contributed by atoms with Crippen molar-refractivity contribution in [3.8, 4) is 0 Å².